The van der Waals surface area contributed by atoms with Gasteiger partial charge in [0.25, 0.3) is 0 Å². The second-order valence-corrected chi connectivity index (χ2v) is 6.42. The molecule has 1 heterocycles. The van der Waals surface area contributed by atoms with Gasteiger partial charge in [-0.3, -0.25) is 0 Å². The molecule has 1 aromatic carbocycles. The molecule has 0 atom stereocenters. The van der Waals surface area contributed by atoms with E-state index in [-0.39, 0.29) is 5.75 Å². The summed E-state index contributed by atoms with van der Waals surface area (Å²) < 4.78 is 26.3. The van der Waals surface area contributed by atoms with Gasteiger partial charge in [-0.15, -0.1) is 0 Å². The van der Waals surface area contributed by atoms with Crippen molar-refractivity contribution < 1.29 is 8.42 Å². The summed E-state index contributed by atoms with van der Waals surface area (Å²) in [6, 6.07) is 9.49. The van der Waals surface area contributed by atoms with Gasteiger partial charge in [-0.25, -0.2) is 13.4 Å². The van der Waals surface area contributed by atoms with Crippen molar-refractivity contribution in [2.45, 2.75) is 5.75 Å². The minimum atomic E-state index is -3.04. The summed E-state index contributed by atoms with van der Waals surface area (Å²) in [6.45, 7) is 0. The molecule has 1 aromatic heterocycles. The molecule has 0 aliphatic carbocycles. The number of nitrogens with zero attached hydrogens (tertiary/aromatic N) is 2. The predicted molar refractivity (Wildman–Crippen MR) is 63.9 cm³/mol. The van der Waals surface area contributed by atoms with E-state index in [1.807, 2.05) is 30.3 Å². The van der Waals surface area contributed by atoms with E-state index in [2.05, 4.69) is 9.36 Å². The average Bonchev–Trinajstić information content (AvgIpc) is 2.65. The molecule has 84 valence electrons. The van der Waals surface area contributed by atoms with Gasteiger partial charge in [0.2, 0.25) is 0 Å². The molecule has 0 bridgehead atoms. The van der Waals surface area contributed by atoms with Crippen molar-refractivity contribution in [2.24, 2.45) is 0 Å². The van der Waals surface area contributed by atoms with E-state index in [0.29, 0.717) is 10.8 Å². The van der Waals surface area contributed by atoms with Gasteiger partial charge < -0.3 is 0 Å². The highest BCUT2D eigenvalue weighted by molar-refractivity contribution is 7.90. The summed E-state index contributed by atoms with van der Waals surface area (Å²) in [7, 11) is -3.04. The lowest BCUT2D eigenvalue weighted by Crippen LogP contribution is -1.99. The molecular weight excluding hydrogens is 244 g/mol. The third kappa shape index (κ3) is 2.86. The Morgan fingerprint density at radius 3 is 2.56 bits per heavy atom. The second kappa shape index (κ2) is 4.31. The van der Waals surface area contributed by atoms with Crippen molar-refractivity contribution >= 4 is 21.4 Å². The van der Waals surface area contributed by atoms with Crippen molar-refractivity contribution in [3.63, 3.8) is 0 Å². The normalized spacial score (nSPS) is 11.6. The summed E-state index contributed by atoms with van der Waals surface area (Å²) in [5.41, 5.74) is 0.901. The van der Waals surface area contributed by atoms with Crippen LogP contribution in [0, 0.1) is 0 Å². The number of rotatable bonds is 3. The molecular formula is C10H10N2O2S2. The van der Waals surface area contributed by atoms with Crippen LogP contribution in [0.15, 0.2) is 30.3 Å². The van der Waals surface area contributed by atoms with Gasteiger partial charge in [0.1, 0.15) is 10.8 Å². The van der Waals surface area contributed by atoms with Crippen LogP contribution >= 0.6 is 11.5 Å². The van der Waals surface area contributed by atoms with Gasteiger partial charge in [-0.05, 0) is 11.5 Å². The van der Waals surface area contributed by atoms with Gasteiger partial charge >= 0.3 is 0 Å². The first kappa shape index (κ1) is 11.2. The van der Waals surface area contributed by atoms with E-state index < -0.39 is 9.84 Å². The van der Waals surface area contributed by atoms with Crippen LogP contribution in [0.2, 0.25) is 0 Å². The lowest BCUT2D eigenvalue weighted by molar-refractivity contribution is 0.601. The zero-order valence-corrected chi connectivity index (χ0v) is 10.3. The molecule has 6 heteroatoms. The Morgan fingerprint density at radius 1 is 1.25 bits per heavy atom. The fraction of sp³-hybridized carbons (Fsp3) is 0.200. The first-order valence-corrected chi connectivity index (χ1v) is 7.44. The van der Waals surface area contributed by atoms with Crippen LogP contribution in [-0.2, 0) is 15.6 Å². The Hall–Kier alpha value is -1.27. The highest BCUT2D eigenvalue weighted by Gasteiger charge is 2.11. The van der Waals surface area contributed by atoms with Crippen LogP contribution < -0.4 is 0 Å². The van der Waals surface area contributed by atoms with E-state index >= 15 is 0 Å². The number of hydrogen-bond donors (Lipinski definition) is 0. The fourth-order valence-electron chi connectivity index (χ4n) is 1.24. The quantitative estimate of drug-likeness (QED) is 0.837. The predicted octanol–water partition coefficient (Wildman–Crippen LogP) is 1.75. The first-order valence-electron chi connectivity index (χ1n) is 4.60. The molecule has 0 radical (unpaired) electrons. The molecule has 0 aliphatic heterocycles. The third-order valence-corrected chi connectivity index (χ3v) is 3.58. The second-order valence-electron chi connectivity index (χ2n) is 3.45. The van der Waals surface area contributed by atoms with Gasteiger partial charge in [0.15, 0.2) is 15.7 Å². The maximum absolute atomic E-state index is 11.1. The zero-order valence-electron chi connectivity index (χ0n) is 8.62. The molecule has 16 heavy (non-hydrogen) atoms. The van der Waals surface area contributed by atoms with Gasteiger partial charge in [0, 0.05) is 11.8 Å². The number of benzene rings is 1. The Kier molecular flexibility index (Phi) is 3.02. The van der Waals surface area contributed by atoms with Gasteiger partial charge in [-0.2, -0.15) is 4.37 Å². The summed E-state index contributed by atoms with van der Waals surface area (Å²) in [5.74, 6) is 0.543. The third-order valence-electron chi connectivity index (χ3n) is 1.89. The van der Waals surface area contributed by atoms with Crippen LogP contribution in [0.1, 0.15) is 5.01 Å². The van der Waals surface area contributed by atoms with E-state index in [1.54, 1.807) is 0 Å². The lowest BCUT2D eigenvalue weighted by atomic mass is 10.2. The molecule has 4 nitrogen and oxygen atoms in total. The molecule has 0 saturated heterocycles. The van der Waals surface area contributed by atoms with Crippen LogP contribution in [0.3, 0.4) is 0 Å². The summed E-state index contributed by atoms with van der Waals surface area (Å²) in [5, 5.41) is 0.529. The minimum Gasteiger partial charge on any atom is -0.229 e. The van der Waals surface area contributed by atoms with Crippen molar-refractivity contribution in [2.75, 3.05) is 6.26 Å². The zero-order chi connectivity index (χ0) is 11.6. The Balaban J connectivity index is 2.27. The van der Waals surface area contributed by atoms with E-state index in [0.717, 1.165) is 17.1 Å². The molecule has 0 aliphatic rings. The average molecular weight is 254 g/mol. The standard InChI is InChI=1S/C10H10N2O2S2/c1-16(13,14)7-9-11-10(12-15-9)8-5-3-2-4-6-8/h2-6H,7H2,1H3. The monoisotopic (exact) mass is 254 g/mol. The molecule has 0 saturated carbocycles. The van der Waals surface area contributed by atoms with Gasteiger partial charge in [-0.1, -0.05) is 30.3 Å². The summed E-state index contributed by atoms with van der Waals surface area (Å²) in [4.78, 5) is 4.19. The lowest BCUT2D eigenvalue weighted by Gasteiger charge is -1.93. The summed E-state index contributed by atoms with van der Waals surface area (Å²) >= 11 is 1.13. The largest absolute Gasteiger partial charge is 0.229 e. The Bertz CT molecular complexity index is 576. The van der Waals surface area contributed by atoms with Crippen molar-refractivity contribution in [1.29, 1.82) is 0 Å². The van der Waals surface area contributed by atoms with Crippen LogP contribution in [-0.4, -0.2) is 24.0 Å². The van der Waals surface area contributed by atoms with E-state index in [4.69, 9.17) is 0 Å². The first-order chi connectivity index (χ1) is 7.54. The molecule has 0 unspecified atom stereocenters. The number of aromatic nitrogens is 2. The Labute approximate surface area is 98.1 Å². The molecule has 0 N–H and O–H groups in total. The molecule has 2 aromatic rings. The van der Waals surface area contributed by atoms with Crippen molar-refractivity contribution in [3.8, 4) is 11.4 Å². The van der Waals surface area contributed by atoms with Gasteiger partial charge in [0.05, 0.1) is 0 Å². The van der Waals surface area contributed by atoms with Crippen LogP contribution in [0.25, 0.3) is 11.4 Å². The summed E-state index contributed by atoms with van der Waals surface area (Å²) in [6.07, 6.45) is 1.19. The van der Waals surface area contributed by atoms with Crippen molar-refractivity contribution in [1.82, 2.24) is 9.36 Å². The van der Waals surface area contributed by atoms with Crippen LogP contribution in [0.4, 0.5) is 0 Å². The SMILES string of the molecule is CS(=O)(=O)Cc1nc(-c2ccccc2)ns1. The number of hydrogen-bond acceptors (Lipinski definition) is 5. The maximum atomic E-state index is 11.1. The van der Waals surface area contributed by atoms with E-state index in [9.17, 15) is 8.42 Å². The molecule has 2 rings (SSSR count). The molecule has 0 spiro atoms. The fourth-order valence-corrected chi connectivity index (χ4v) is 3.07. The minimum absolute atomic E-state index is 0.0441. The Morgan fingerprint density at radius 2 is 1.94 bits per heavy atom. The highest BCUT2D eigenvalue weighted by Crippen LogP contribution is 2.18. The number of sulfone groups is 1. The highest BCUT2D eigenvalue weighted by atomic mass is 32.2. The molecule has 0 fully saturated rings. The van der Waals surface area contributed by atoms with Crippen molar-refractivity contribution in [3.05, 3.63) is 35.3 Å². The smallest absolute Gasteiger partial charge is 0.173 e. The van der Waals surface area contributed by atoms with E-state index in [1.165, 1.54) is 6.26 Å². The maximum Gasteiger partial charge on any atom is 0.173 e. The van der Waals surface area contributed by atoms with Crippen LogP contribution in [0.5, 0.6) is 0 Å². The molecule has 0 amide bonds. The topological polar surface area (TPSA) is 59.9 Å².